The van der Waals surface area contributed by atoms with E-state index in [4.69, 9.17) is 14.2 Å². The molecule has 1 aromatic carbocycles. The van der Waals surface area contributed by atoms with Crippen molar-refractivity contribution in [3.8, 4) is 0 Å². The van der Waals surface area contributed by atoms with E-state index in [-0.39, 0.29) is 30.3 Å². The molecule has 5 atom stereocenters. The number of hydrogen-bond acceptors (Lipinski definition) is 6. The van der Waals surface area contributed by atoms with Crippen LogP contribution in [0.25, 0.3) is 0 Å². The Morgan fingerprint density at radius 3 is 2.72 bits per heavy atom. The molecule has 0 saturated carbocycles. The summed E-state index contributed by atoms with van der Waals surface area (Å²) >= 11 is 0. The molecule has 3 aliphatic heterocycles. The number of amides is 2. The monoisotopic (exact) mass is 443 g/mol. The molecule has 4 heterocycles. The summed E-state index contributed by atoms with van der Waals surface area (Å²) in [6.45, 7) is 5.03. The number of benzene rings is 1. The molecule has 2 amide bonds. The molecule has 3 fully saturated rings. The molecule has 3 aliphatic rings. The van der Waals surface area contributed by atoms with Gasteiger partial charge in [0, 0.05) is 18.7 Å². The third-order valence-corrected chi connectivity index (χ3v) is 6.36. The minimum Gasteiger partial charge on any atom is -0.378 e. The van der Waals surface area contributed by atoms with Gasteiger partial charge in [0.15, 0.2) is 0 Å². The van der Waals surface area contributed by atoms with Gasteiger partial charge in [-0.25, -0.2) is 9.48 Å². The summed E-state index contributed by atoms with van der Waals surface area (Å²) in [6, 6.07) is 10.2. The van der Waals surface area contributed by atoms with Crippen LogP contribution in [0.15, 0.2) is 36.5 Å². The Morgan fingerprint density at radius 1 is 1.12 bits per heavy atom. The molecule has 10 heteroatoms. The maximum Gasteiger partial charge on any atom is 0.317 e. The highest BCUT2D eigenvalue weighted by atomic mass is 16.6. The number of aromatic nitrogens is 3. The molecule has 3 saturated heterocycles. The van der Waals surface area contributed by atoms with E-state index in [1.807, 2.05) is 16.9 Å². The minimum absolute atomic E-state index is 0.0408. The third-order valence-electron chi connectivity index (χ3n) is 6.36. The van der Waals surface area contributed by atoms with Gasteiger partial charge in [0.2, 0.25) is 0 Å². The minimum atomic E-state index is -0.177. The van der Waals surface area contributed by atoms with Gasteiger partial charge in [-0.3, -0.25) is 0 Å². The zero-order valence-corrected chi connectivity index (χ0v) is 18.4. The number of fused-ring (bicyclic) bond motifs is 1. The number of urea groups is 1. The average Bonchev–Trinajstić information content (AvgIpc) is 3.53. The second-order valence-electron chi connectivity index (χ2n) is 8.80. The highest BCUT2D eigenvalue weighted by molar-refractivity contribution is 5.74. The Balaban J connectivity index is 1.16. The number of rotatable bonds is 6. The zero-order valence-electron chi connectivity index (χ0n) is 18.4. The number of ether oxygens (including phenoxy) is 3. The highest BCUT2D eigenvalue weighted by Crippen LogP contribution is 2.34. The molecule has 172 valence electrons. The topological polar surface area (TPSA) is 95.2 Å². The number of nitrogens with zero attached hydrogens (tertiary/aromatic N) is 4. The van der Waals surface area contributed by atoms with E-state index < -0.39 is 0 Å². The largest absolute Gasteiger partial charge is 0.378 e. The normalized spacial score (nSPS) is 28.5. The Labute approximate surface area is 187 Å². The summed E-state index contributed by atoms with van der Waals surface area (Å²) < 4.78 is 19.3. The molecule has 1 unspecified atom stereocenters. The van der Waals surface area contributed by atoms with Crippen molar-refractivity contribution in [2.24, 2.45) is 0 Å². The first-order valence-electron chi connectivity index (χ1n) is 11.3. The van der Waals surface area contributed by atoms with Crippen LogP contribution in [-0.2, 0) is 27.3 Å². The predicted molar refractivity (Wildman–Crippen MR) is 114 cm³/mol. The van der Waals surface area contributed by atoms with Crippen molar-refractivity contribution < 1.29 is 23.9 Å². The summed E-state index contributed by atoms with van der Waals surface area (Å²) in [5.41, 5.74) is 2.24. The smallest absolute Gasteiger partial charge is 0.317 e. The fourth-order valence-corrected chi connectivity index (χ4v) is 4.72. The van der Waals surface area contributed by atoms with Gasteiger partial charge in [0.05, 0.1) is 45.7 Å². The SMILES string of the molecule is C[NH+](Cc1ccccc1)Cc1cn([C@H]2CO[C@H]3[C@@H]2OC[C@@H]3NC(=O)N2CCOCC2)nn1. The van der Waals surface area contributed by atoms with E-state index in [1.54, 1.807) is 4.90 Å². The van der Waals surface area contributed by atoms with E-state index >= 15 is 0 Å². The van der Waals surface area contributed by atoms with Crippen LogP contribution in [0.3, 0.4) is 0 Å². The lowest BCUT2D eigenvalue weighted by Gasteiger charge is -2.29. The van der Waals surface area contributed by atoms with Gasteiger partial charge in [0.1, 0.15) is 37.0 Å². The molecule has 5 rings (SSSR count). The maximum atomic E-state index is 12.5. The Bertz CT molecular complexity index is 903. The third kappa shape index (κ3) is 4.63. The van der Waals surface area contributed by atoms with Crippen molar-refractivity contribution in [1.29, 1.82) is 0 Å². The summed E-state index contributed by atoms with van der Waals surface area (Å²) in [6.07, 6.45) is 1.67. The van der Waals surface area contributed by atoms with Crippen molar-refractivity contribution in [2.45, 2.75) is 37.4 Å². The fourth-order valence-electron chi connectivity index (χ4n) is 4.72. The molecule has 1 aromatic heterocycles. The van der Waals surface area contributed by atoms with Crippen molar-refractivity contribution in [2.75, 3.05) is 46.6 Å². The van der Waals surface area contributed by atoms with Gasteiger partial charge in [-0.2, -0.15) is 0 Å². The van der Waals surface area contributed by atoms with E-state index in [0.717, 1.165) is 18.8 Å². The van der Waals surface area contributed by atoms with E-state index in [9.17, 15) is 4.79 Å². The number of hydrogen-bond donors (Lipinski definition) is 2. The Morgan fingerprint density at radius 2 is 1.91 bits per heavy atom. The standard InChI is InChI=1S/C22H30N6O4/c1-26(11-16-5-3-2-4-6-16)12-17-13-28(25-24-17)19-15-32-20-18(14-31-21(19)20)23-22(29)27-7-9-30-10-8-27/h2-6,13,18-21H,7-12,14-15H2,1H3,(H,23,29)/p+1/t18-,19-,20+,21+/m0/s1. The van der Waals surface area contributed by atoms with Gasteiger partial charge >= 0.3 is 6.03 Å². The van der Waals surface area contributed by atoms with Crippen LogP contribution >= 0.6 is 0 Å². The van der Waals surface area contributed by atoms with Crippen molar-refractivity contribution >= 4 is 6.03 Å². The fraction of sp³-hybridized carbons (Fsp3) is 0.591. The second kappa shape index (κ2) is 9.53. The van der Waals surface area contributed by atoms with Gasteiger partial charge in [-0.05, 0) is 0 Å². The number of quaternary nitrogens is 1. The molecule has 32 heavy (non-hydrogen) atoms. The first kappa shape index (κ1) is 21.3. The number of carbonyl (C=O) groups is 1. The molecule has 0 radical (unpaired) electrons. The van der Waals surface area contributed by atoms with Crippen LogP contribution in [0.1, 0.15) is 17.3 Å². The van der Waals surface area contributed by atoms with E-state index in [2.05, 4.69) is 46.9 Å². The van der Waals surface area contributed by atoms with Gasteiger partial charge in [0.25, 0.3) is 0 Å². The lowest BCUT2D eigenvalue weighted by Crippen LogP contribution is -3.06. The van der Waals surface area contributed by atoms with Gasteiger partial charge < -0.3 is 29.3 Å². The van der Waals surface area contributed by atoms with Crippen LogP contribution in [0.2, 0.25) is 0 Å². The van der Waals surface area contributed by atoms with Crippen molar-refractivity contribution in [3.63, 3.8) is 0 Å². The lowest BCUT2D eigenvalue weighted by atomic mass is 10.1. The second-order valence-corrected chi connectivity index (χ2v) is 8.80. The highest BCUT2D eigenvalue weighted by Gasteiger charge is 2.49. The molecule has 2 N–H and O–H groups in total. The maximum absolute atomic E-state index is 12.5. The van der Waals surface area contributed by atoms with E-state index in [1.165, 1.54) is 10.5 Å². The lowest BCUT2D eigenvalue weighted by molar-refractivity contribution is -0.908. The summed E-state index contributed by atoms with van der Waals surface area (Å²) in [5.74, 6) is 0. The van der Waals surface area contributed by atoms with Crippen LogP contribution in [-0.4, -0.2) is 90.7 Å². The molecule has 0 spiro atoms. The first-order valence-corrected chi connectivity index (χ1v) is 11.3. The number of morpholine rings is 1. The van der Waals surface area contributed by atoms with Crippen LogP contribution in [0, 0.1) is 0 Å². The summed E-state index contributed by atoms with van der Waals surface area (Å²) in [5, 5.41) is 11.8. The van der Waals surface area contributed by atoms with Crippen molar-refractivity contribution in [3.05, 3.63) is 47.8 Å². The quantitative estimate of drug-likeness (QED) is 0.610. The number of carbonyl (C=O) groups excluding carboxylic acids is 1. The molecule has 10 nitrogen and oxygen atoms in total. The Kier molecular flexibility index (Phi) is 6.35. The van der Waals surface area contributed by atoms with Crippen LogP contribution in [0.4, 0.5) is 4.79 Å². The Hall–Kier alpha value is -2.53. The van der Waals surface area contributed by atoms with Gasteiger partial charge in [-0.15, -0.1) is 5.10 Å². The molecule has 2 aromatic rings. The van der Waals surface area contributed by atoms with Crippen molar-refractivity contribution in [1.82, 2.24) is 25.2 Å². The summed E-state index contributed by atoms with van der Waals surface area (Å²) in [4.78, 5) is 15.7. The first-order chi connectivity index (χ1) is 15.7. The summed E-state index contributed by atoms with van der Waals surface area (Å²) in [7, 11) is 2.16. The number of nitrogens with one attached hydrogen (secondary N) is 2. The van der Waals surface area contributed by atoms with Crippen LogP contribution in [0.5, 0.6) is 0 Å². The zero-order chi connectivity index (χ0) is 21.9. The molecule has 0 bridgehead atoms. The molecular weight excluding hydrogens is 412 g/mol. The molecule has 0 aliphatic carbocycles. The average molecular weight is 444 g/mol. The van der Waals surface area contributed by atoms with Gasteiger partial charge in [-0.1, -0.05) is 35.5 Å². The molecular formula is C22H31N6O4+. The predicted octanol–water partition coefficient (Wildman–Crippen LogP) is -0.758. The van der Waals surface area contributed by atoms with Crippen LogP contribution < -0.4 is 10.2 Å². The van der Waals surface area contributed by atoms with E-state index in [0.29, 0.717) is 39.5 Å².